The Labute approximate surface area is 171 Å². The molecule has 0 radical (unpaired) electrons. The van der Waals surface area contributed by atoms with Gasteiger partial charge in [0.1, 0.15) is 23.9 Å². The van der Waals surface area contributed by atoms with Crippen molar-refractivity contribution in [1.29, 1.82) is 0 Å². The van der Waals surface area contributed by atoms with Crippen molar-refractivity contribution >= 4 is 17.5 Å². The van der Waals surface area contributed by atoms with Gasteiger partial charge in [-0.1, -0.05) is 18.7 Å². The summed E-state index contributed by atoms with van der Waals surface area (Å²) in [6, 6.07) is 4.89. The summed E-state index contributed by atoms with van der Waals surface area (Å²) < 4.78 is 33.2. The lowest BCUT2D eigenvalue weighted by atomic mass is 9.79. The SMILES string of the molecule is C=C(F)C/C(C(=O)OC)=C1/C(=O)C(c2ncnn2C)C(c2ccc(F)cc2)N=C1C. The molecule has 30 heavy (non-hydrogen) atoms. The Morgan fingerprint density at radius 1 is 1.30 bits per heavy atom. The Hall–Kier alpha value is -3.49. The number of halogens is 2. The molecular weight excluding hydrogens is 394 g/mol. The zero-order valence-electron chi connectivity index (χ0n) is 16.7. The molecule has 1 aliphatic heterocycles. The smallest absolute Gasteiger partial charge is 0.334 e. The Kier molecular flexibility index (Phi) is 6.00. The standard InChI is InChI=1S/C21H20F2N4O3/c1-11(22)9-15(21(29)30-4)16-12(2)26-18(13-5-7-14(23)8-6-13)17(19(16)28)20-24-10-25-27(20)3/h5-8,10,17-18H,1,9H2,2-4H3/b16-15-. The van der Waals surface area contributed by atoms with Crippen LogP contribution in [0.3, 0.4) is 0 Å². The number of aromatic nitrogens is 3. The van der Waals surface area contributed by atoms with Crippen LogP contribution in [-0.2, 0) is 21.4 Å². The zero-order chi connectivity index (χ0) is 22.0. The van der Waals surface area contributed by atoms with Crippen LogP contribution in [-0.4, -0.2) is 39.3 Å². The highest BCUT2D eigenvalue weighted by Gasteiger charge is 2.42. The minimum absolute atomic E-state index is 0.0352. The third-order valence-corrected chi connectivity index (χ3v) is 4.88. The van der Waals surface area contributed by atoms with E-state index in [4.69, 9.17) is 4.74 Å². The van der Waals surface area contributed by atoms with Crippen LogP contribution in [0.4, 0.5) is 8.78 Å². The summed E-state index contributed by atoms with van der Waals surface area (Å²) in [5, 5.41) is 4.02. The third kappa shape index (κ3) is 3.96. The van der Waals surface area contributed by atoms with Crippen molar-refractivity contribution in [3.05, 3.63) is 71.3 Å². The molecule has 2 heterocycles. The maximum atomic E-state index is 13.6. The number of ether oxygens (including phenoxy) is 1. The van der Waals surface area contributed by atoms with Crippen molar-refractivity contribution in [2.24, 2.45) is 12.0 Å². The van der Waals surface area contributed by atoms with Gasteiger partial charge in [0.05, 0.1) is 30.1 Å². The lowest BCUT2D eigenvalue weighted by Gasteiger charge is -2.30. The van der Waals surface area contributed by atoms with Crippen molar-refractivity contribution in [1.82, 2.24) is 14.8 Å². The summed E-state index contributed by atoms with van der Waals surface area (Å²) in [4.78, 5) is 34.7. The number of hydrogen-bond acceptors (Lipinski definition) is 6. The predicted octanol–water partition coefficient (Wildman–Crippen LogP) is 3.17. The monoisotopic (exact) mass is 414 g/mol. The van der Waals surface area contributed by atoms with E-state index in [0.29, 0.717) is 11.4 Å². The molecule has 9 heteroatoms. The second kappa shape index (κ2) is 8.48. The molecule has 3 rings (SSSR count). The van der Waals surface area contributed by atoms with E-state index in [1.807, 2.05) is 0 Å². The van der Waals surface area contributed by atoms with E-state index >= 15 is 0 Å². The Morgan fingerprint density at radius 2 is 1.97 bits per heavy atom. The maximum Gasteiger partial charge on any atom is 0.334 e. The van der Waals surface area contributed by atoms with Gasteiger partial charge in [-0.3, -0.25) is 14.5 Å². The van der Waals surface area contributed by atoms with E-state index < -0.39 is 41.8 Å². The molecule has 2 unspecified atom stereocenters. The number of aliphatic imine (C=N–C) groups is 1. The van der Waals surface area contributed by atoms with Crippen LogP contribution in [0, 0.1) is 5.82 Å². The minimum Gasteiger partial charge on any atom is -0.466 e. The molecule has 0 spiro atoms. The van der Waals surface area contributed by atoms with Crippen molar-refractivity contribution < 1.29 is 23.1 Å². The van der Waals surface area contributed by atoms with Crippen LogP contribution in [0.5, 0.6) is 0 Å². The van der Waals surface area contributed by atoms with Crippen LogP contribution in [0.2, 0.25) is 0 Å². The van der Waals surface area contributed by atoms with Crippen molar-refractivity contribution in [3.63, 3.8) is 0 Å². The number of methoxy groups -OCH3 is 1. The molecule has 2 atom stereocenters. The molecule has 0 saturated heterocycles. The molecule has 0 saturated carbocycles. The maximum absolute atomic E-state index is 13.6. The molecule has 0 amide bonds. The summed E-state index contributed by atoms with van der Waals surface area (Å²) in [6.07, 6.45) is 0.816. The minimum atomic E-state index is -0.950. The fraction of sp³-hybridized carbons (Fsp3) is 0.286. The van der Waals surface area contributed by atoms with E-state index in [-0.39, 0.29) is 16.9 Å². The first-order valence-corrected chi connectivity index (χ1v) is 9.07. The molecule has 7 nitrogen and oxygen atoms in total. The van der Waals surface area contributed by atoms with E-state index in [2.05, 4.69) is 21.7 Å². The second-order valence-electron chi connectivity index (χ2n) is 6.83. The number of nitrogens with zero attached hydrogens (tertiary/aromatic N) is 4. The van der Waals surface area contributed by atoms with Gasteiger partial charge >= 0.3 is 5.97 Å². The Bertz CT molecular complexity index is 1070. The van der Waals surface area contributed by atoms with Gasteiger partial charge in [0, 0.05) is 19.2 Å². The largest absolute Gasteiger partial charge is 0.466 e. The van der Waals surface area contributed by atoms with E-state index in [0.717, 1.165) is 7.11 Å². The van der Waals surface area contributed by atoms with Crippen LogP contribution in [0.1, 0.15) is 36.7 Å². The van der Waals surface area contributed by atoms with Crippen molar-refractivity contribution in [2.45, 2.75) is 25.3 Å². The molecule has 1 aromatic carbocycles. The lowest BCUT2D eigenvalue weighted by Crippen LogP contribution is -2.33. The first kappa shape index (κ1) is 21.2. The van der Waals surface area contributed by atoms with Gasteiger partial charge < -0.3 is 4.74 Å². The fourth-order valence-electron chi connectivity index (χ4n) is 3.54. The summed E-state index contributed by atoms with van der Waals surface area (Å²) in [5.41, 5.74) is 0.632. The number of aryl methyl sites for hydroxylation is 1. The predicted molar refractivity (Wildman–Crippen MR) is 105 cm³/mol. The highest BCUT2D eigenvalue weighted by Crippen LogP contribution is 2.41. The molecule has 1 aliphatic rings. The van der Waals surface area contributed by atoms with Gasteiger partial charge in [0.2, 0.25) is 0 Å². The number of carbonyl (C=O) groups is 2. The summed E-state index contributed by atoms with van der Waals surface area (Å²) >= 11 is 0. The van der Waals surface area contributed by atoms with Gasteiger partial charge in [0.15, 0.2) is 5.78 Å². The molecule has 0 aliphatic carbocycles. The molecule has 0 bridgehead atoms. The van der Waals surface area contributed by atoms with Gasteiger partial charge in [-0.25, -0.2) is 18.6 Å². The van der Waals surface area contributed by atoms with E-state index in [1.165, 1.54) is 35.3 Å². The fourth-order valence-corrected chi connectivity index (χ4v) is 3.54. The molecule has 0 fully saturated rings. The van der Waals surface area contributed by atoms with Crippen molar-refractivity contribution in [2.75, 3.05) is 7.11 Å². The first-order chi connectivity index (χ1) is 14.2. The lowest BCUT2D eigenvalue weighted by molar-refractivity contribution is -0.136. The number of Topliss-reactive ketones (excluding diaryl/α,β-unsaturated/α-hetero) is 1. The van der Waals surface area contributed by atoms with Crippen molar-refractivity contribution in [3.8, 4) is 0 Å². The molecular formula is C21H20F2N4O3. The summed E-state index contributed by atoms with van der Waals surface area (Å²) in [5.74, 6) is -3.18. The number of ketones is 1. The Balaban J connectivity index is 2.26. The normalized spacial score (nSPS) is 20.6. The number of benzene rings is 1. The number of hydrogen-bond donors (Lipinski definition) is 0. The number of rotatable bonds is 5. The van der Waals surface area contributed by atoms with Gasteiger partial charge in [0.25, 0.3) is 0 Å². The first-order valence-electron chi connectivity index (χ1n) is 9.07. The molecule has 156 valence electrons. The van der Waals surface area contributed by atoms with Crippen LogP contribution in [0.25, 0.3) is 0 Å². The van der Waals surface area contributed by atoms with Crippen LogP contribution in [0.15, 0.2) is 59.1 Å². The topological polar surface area (TPSA) is 86.4 Å². The highest BCUT2D eigenvalue weighted by molar-refractivity contribution is 6.28. The third-order valence-electron chi connectivity index (χ3n) is 4.88. The highest BCUT2D eigenvalue weighted by atomic mass is 19.1. The average molecular weight is 414 g/mol. The van der Waals surface area contributed by atoms with E-state index in [1.54, 1.807) is 14.0 Å². The second-order valence-corrected chi connectivity index (χ2v) is 6.83. The molecule has 2 aromatic rings. The van der Waals surface area contributed by atoms with Gasteiger partial charge in [-0.15, -0.1) is 0 Å². The van der Waals surface area contributed by atoms with Crippen LogP contribution >= 0.6 is 0 Å². The van der Waals surface area contributed by atoms with Gasteiger partial charge in [-0.2, -0.15) is 5.10 Å². The van der Waals surface area contributed by atoms with Gasteiger partial charge in [-0.05, 0) is 24.6 Å². The summed E-state index contributed by atoms with van der Waals surface area (Å²) in [6.45, 7) is 4.74. The average Bonchev–Trinajstić information content (AvgIpc) is 3.12. The number of carbonyl (C=O) groups excluding carboxylic acids is 2. The number of esters is 1. The quantitative estimate of drug-likeness (QED) is 0.554. The Morgan fingerprint density at radius 3 is 2.50 bits per heavy atom. The number of allylic oxidation sites excluding steroid dienone is 2. The molecule has 0 N–H and O–H groups in total. The zero-order valence-corrected chi connectivity index (χ0v) is 16.7. The van der Waals surface area contributed by atoms with E-state index in [9.17, 15) is 18.4 Å². The van der Waals surface area contributed by atoms with Crippen LogP contribution < -0.4 is 0 Å². The molecule has 1 aromatic heterocycles. The summed E-state index contributed by atoms with van der Waals surface area (Å²) in [7, 11) is 2.77.